The normalized spacial score (nSPS) is 17.4. The monoisotopic (exact) mass is 466 g/mol. The van der Waals surface area contributed by atoms with Crippen molar-refractivity contribution in [3.8, 4) is 11.5 Å². The highest BCUT2D eigenvalue weighted by Gasteiger charge is 2.20. The van der Waals surface area contributed by atoms with Gasteiger partial charge in [0.25, 0.3) is 0 Å². The van der Waals surface area contributed by atoms with E-state index in [0.29, 0.717) is 19.1 Å². The Kier molecular flexibility index (Phi) is 8.29. The molecule has 0 aliphatic carbocycles. The SMILES string of the molecule is CCN1CCN(c2ccc(NC(=O)CN[C@H](c3ccc4c(c3)OCCCO4)C(C)C)cc2)CC1. The van der Waals surface area contributed by atoms with Crippen molar-refractivity contribution in [2.45, 2.75) is 33.2 Å². The topological polar surface area (TPSA) is 66.1 Å². The lowest BCUT2D eigenvalue weighted by molar-refractivity contribution is -0.115. The van der Waals surface area contributed by atoms with E-state index in [2.05, 4.69) is 59.4 Å². The van der Waals surface area contributed by atoms with Crippen LogP contribution in [-0.2, 0) is 4.79 Å². The van der Waals surface area contributed by atoms with E-state index in [1.807, 2.05) is 24.3 Å². The van der Waals surface area contributed by atoms with Gasteiger partial charge in [0, 0.05) is 50.0 Å². The summed E-state index contributed by atoms with van der Waals surface area (Å²) in [5.41, 5.74) is 3.13. The molecule has 2 aromatic rings. The third kappa shape index (κ3) is 6.21. The number of hydrogen-bond acceptors (Lipinski definition) is 6. The molecule has 1 amide bonds. The average Bonchev–Trinajstić information content (AvgIpc) is 3.10. The first kappa shape index (κ1) is 24.4. The predicted molar refractivity (Wildman–Crippen MR) is 137 cm³/mol. The number of anilines is 2. The molecular weight excluding hydrogens is 428 g/mol. The van der Waals surface area contributed by atoms with Gasteiger partial charge in [-0.3, -0.25) is 4.79 Å². The van der Waals surface area contributed by atoms with Gasteiger partial charge in [-0.2, -0.15) is 0 Å². The minimum Gasteiger partial charge on any atom is -0.490 e. The first-order valence-electron chi connectivity index (χ1n) is 12.5. The largest absolute Gasteiger partial charge is 0.490 e. The van der Waals surface area contributed by atoms with Gasteiger partial charge in [0.15, 0.2) is 11.5 Å². The number of fused-ring (bicyclic) bond motifs is 1. The minimum absolute atomic E-state index is 0.0343. The maximum atomic E-state index is 12.7. The van der Waals surface area contributed by atoms with Crippen molar-refractivity contribution in [2.75, 3.05) is 62.7 Å². The molecule has 1 atom stereocenters. The molecule has 0 radical (unpaired) electrons. The molecule has 0 saturated carbocycles. The molecular formula is C27H38N4O3. The van der Waals surface area contributed by atoms with Crippen LogP contribution in [0, 0.1) is 5.92 Å². The standard InChI is InChI=1S/C27H38N4O3/c1-4-30-12-14-31(15-13-30)23-9-7-22(8-10-23)29-26(32)19-28-27(20(2)3)21-6-11-24-25(18-21)34-17-5-16-33-24/h6-11,18,20,27-28H,4-5,12-17,19H2,1-3H3,(H,29,32)/t27-/m0/s1. The Morgan fingerprint density at radius 2 is 1.68 bits per heavy atom. The van der Waals surface area contributed by atoms with E-state index in [9.17, 15) is 4.79 Å². The van der Waals surface area contributed by atoms with Crippen LogP contribution in [0.3, 0.4) is 0 Å². The number of rotatable bonds is 8. The lowest BCUT2D eigenvalue weighted by atomic mass is 9.95. The number of carbonyl (C=O) groups is 1. The molecule has 7 nitrogen and oxygen atoms in total. The van der Waals surface area contributed by atoms with Gasteiger partial charge in [-0.25, -0.2) is 0 Å². The molecule has 184 valence electrons. The van der Waals surface area contributed by atoms with Crippen molar-refractivity contribution < 1.29 is 14.3 Å². The first-order valence-corrected chi connectivity index (χ1v) is 12.5. The quantitative estimate of drug-likeness (QED) is 0.615. The second kappa shape index (κ2) is 11.6. The van der Waals surface area contributed by atoms with Crippen LogP contribution in [0.4, 0.5) is 11.4 Å². The maximum absolute atomic E-state index is 12.7. The number of ether oxygens (including phenoxy) is 2. The molecule has 0 aromatic heterocycles. The molecule has 1 fully saturated rings. The molecule has 4 rings (SSSR count). The van der Waals surface area contributed by atoms with Crippen LogP contribution in [0.15, 0.2) is 42.5 Å². The molecule has 34 heavy (non-hydrogen) atoms. The molecule has 1 saturated heterocycles. The van der Waals surface area contributed by atoms with Crippen molar-refractivity contribution in [2.24, 2.45) is 5.92 Å². The van der Waals surface area contributed by atoms with Gasteiger partial charge in [-0.05, 0) is 54.4 Å². The van der Waals surface area contributed by atoms with Crippen LogP contribution in [0.25, 0.3) is 0 Å². The first-order chi connectivity index (χ1) is 16.5. The molecule has 2 aromatic carbocycles. The number of nitrogens with one attached hydrogen (secondary N) is 2. The molecule has 2 aliphatic heterocycles. The van der Waals surface area contributed by atoms with Gasteiger partial charge in [0.2, 0.25) is 5.91 Å². The van der Waals surface area contributed by atoms with E-state index in [0.717, 1.165) is 61.9 Å². The fourth-order valence-electron chi connectivity index (χ4n) is 4.60. The van der Waals surface area contributed by atoms with Crippen LogP contribution in [-0.4, -0.2) is 63.3 Å². The summed E-state index contributed by atoms with van der Waals surface area (Å²) < 4.78 is 11.6. The van der Waals surface area contributed by atoms with Gasteiger partial charge in [0.05, 0.1) is 19.8 Å². The molecule has 0 unspecified atom stereocenters. The van der Waals surface area contributed by atoms with E-state index >= 15 is 0 Å². The zero-order valence-corrected chi connectivity index (χ0v) is 20.7. The summed E-state index contributed by atoms with van der Waals surface area (Å²) in [6, 6.07) is 14.3. The summed E-state index contributed by atoms with van der Waals surface area (Å²) >= 11 is 0. The van der Waals surface area contributed by atoms with Crippen LogP contribution in [0.5, 0.6) is 11.5 Å². The second-order valence-electron chi connectivity index (χ2n) is 9.38. The third-order valence-corrected chi connectivity index (χ3v) is 6.62. The van der Waals surface area contributed by atoms with E-state index in [1.54, 1.807) is 0 Å². The van der Waals surface area contributed by atoms with Crippen LogP contribution >= 0.6 is 0 Å². The molecule has 2 aliphatic rings. The Morgan fingerprint density at radius 1 is 0.971 bits per heavy atom. The summed E-state index contributed by atoms with van der Waals surface area (Å²) in [6.07, 6.45) is 0.881. The highest BCUT2D eigenvalue weighted by Crippen LogP contribution is 2.34. The van der Waals surface area contributed by atoms with Crippen LogP contribution in [0.2, 0.25) is 0 Å². The third-order valence-electron chi connectivity index (χ3n) is 6.62. The van der Waals surface area contributed by atoms with E-state index in [4.69, 9.17) is 9.47 Å². The Balaban J connectivity index is 1.31. The number of benzene rings is 2. The number of hydrogen-bond donors (Lipinski definition) is 2. The number of carbonyl (C=O) groups excluding carboxylic acids is 1. The molecule has 0 bridgehead atoms. The van der Waals surface area contributed by atoms with Gasteiger partial charge in [-0.15, -0.1) is 0 Å². The minimum atomic E-state index is -0.0516. The Morgan fingerprint density at radius 3 is 2.35 bits per heavy atom. The number of nitrogens with zero attached hydrogens (tertiary/aromatic N) is 2. The highest BCUT2D eigenvalue weighted by molar-refractivity contribution is 5.92. The van der Waals surface area contributed by atoms with Gasteiger partial charge in [0.1, 0.15) is 0 Å². The lowest BCUT2D eigenvalue weighted by Crippen LogP contribution is -2.46. The summed E-state index contributed by atoms with van der Waals surface area (Å²) in [5.74, 6) is 1.83. The highest BCUT2D eigenvalue weighted by atomic mass is 16.5. The van der Waals surface area contributed by atoms with Crippen LogP contribution in [0.1, 0.15) is 38.8 Å². The Bertz CT molecular complexity index is 939. The average molecular weight is 467 g/mol. The summed E-state index contributed by atoms with van der Waals surface area (Å²) in [5, 5.41) is 6.45. The zero-order chi connectivity index (χ0) is 23.9. The van der Waals surface area contributed by atoms with E-state index in [1.165, 1.54) is 5.69 Å². The Hall–Kier alpha value is -2.77. The van der Waals surface area contributed by atoms with Crippen molar-refractivity contribution in [1.29, 1.82) is 0 Å². The summed E-state index contributed by atoms with van der Waals surface area (Å²) in [6.45, 7) is 13.5. The second-order valence-corrected chi connectivity index (χ2v) is 9.38. The summed E-state index contributed by atoms with van der Waals surface area (Å²) in [4.78, 5) is 17.5. The van der Waals surface area contributed by atoms with E-state index in [-0.39, 0.29) is 18.5 Å². The maximum Gasteiger partial charge on any atom is 0.238 e. The lowest BCUT2D eigenvalue weighted by Gasteiger charge is -2.35. The van der Waals surface area contributed by atoms with Gasteiger partial charge < -0.3 is 29.9 Å². The number of piperazine rings is 1. The zero-order valence-electron chi connectivity index (χ0n) is 20.7. The van der Waals surface area contributed by atoms with Gasteiger partial charge >= 0.3 is 0 Å². The van der Waals surface area contributed by atoms with Crippen molar-refractivity contribution in [1.82, 2.24) is 10.2 Å². The van der Waals surface area contributed by atoms with Crippen molar-refractivity contribution >= 4 is 17.3 Å². The molecule has 2 N–H and O–H groups in total. The Labute approximate surface area is 203 Å². The number of likely N-dealkylation sites (N-methyl/N-ethyl adjacent to an activating group) is 1. The fraction of sp³-hybridized carbons (Fsp3) is 0.519. The summed E-state index contributed by atoms with van der Waals surface area (Å²) in [7, 11) is 0. The van der Waals surface area contributed by atoms with Gasteiger partial charge in [-0.1, -0.05) is 26.8 Å². The van der Waals surface area contributed by atoms with Crippen molar-refractivity contribution in [3.63, 3.8) is 0 Å². The predicted octanol–water partition coefficient (Wildman–Crippen LogP) is 3.92. The fourth-order valence-corrected chi connectivity index (χ4v) is 4.60. The van der Waals surface area contributed by atoms with Crippen LogP contribution < -0.4 is 25.0 Å². The van der Waals surface area contributed by atoms with Crippen molar-refractivity contribution in [3.05, 3.63) is 48.0 Å². The number of amides is 1. The molecule has 7 heteroatoms. The van der Waals surface area contributed by atoms with E-state index < -0.39 is 0 Å². The molecule has 0 spiro atoms. The molecule has 2 heterocycles. The smallest absolute Gasteiger partial charge is 0.238 e.